The van der Waals surface area contributed by atoms with E-state index in [9.17, 15) is 0 Å². The molecule has 1 saturated heterocycles. The fourth-order valence-electron chi connectivity index (χ4n) is 2.43. The topological polar surface area (TPSA) is 49.6 Å². The Morgan fingerprint density at radius 1 is 1.41 bits per heavy atom. The van der Waals surface area contributed by atoms with Crippen molar-refractivity contribution in [2.45, 2.75) is 39.7 Å². The molecule has 4 nitrogen and oxygen atoms in total. The molecule has 0 radical (unpaired) electrons. The number of thioether (sulfide) groups is 1. The first kappa shape index (κ1) is 19.7. The third kappa shape index (κ3) is 6.40. The summed E-state index contributed by atoms with van der Waals surface area (Å²) < 4.78 is 5.67. The van der Waals surface area contributed by atoms with Gasteiger partial charge in [-0.3, -0.25) is 4.99 Å². The van der Waals surface area contributed by atoms with Crippen LogP contribution in [0.5, 0.6) is 0 Å². The number of halogens is 1. The highest BCUT2D eigenvalue weighted by molar-refractivity contribution is 14.0. The molecule has 1 aliphatic heterocycles. The highest BCUT2D eigenvalue weighted by Gasteiger charge is 2.15. The third-order valence-corrected chi connectivity index (χ3v) is 4.78. The van der Waals surface area contributed by atoms with E-state index in [1.54, 1.807) is 0 Å². The number of furan rings is 1. The molecule has 22 heavy (non-hydrogen) atoms. The molecule has 126 valence electrons. The second kappa shape index (κ2) is 10.4. The quantitative estimate of drug-likeness (QED) is 0.416. The Hall–Kier alpha value is -0.370. The lowest BCUT2D eigenvalue weighted by Gasteiger charge is -2.21. The lowest BCUT2D eigenvalue weighted by atomic mass is 10.0. The Morgan fingerprint density at radius 3 is 2.73 bits per heavy atom. The molecule has 0 aromatic carbocycles. The average molecular weight is 437 g/mol. The van der Waals surface area contributed by atoms with Crippen molar-refractivity contribution in [1.29, 1.82) is 0 Å². The Kier molecular flexibility index (Phi) is 9.31. The highest BCUT2D eigenvalue weighted by atomic mass is 127. The number of guanidine groups is 1. The van der Waals surface area contributed by atoms with E-state index in [1.807, 2.05) is 19.1 Å². The van der Waals surface area contributed by atoms with E-state index in [0.717, 1.165) is 36.5 Å². The molecule has 2 N–H and O–H groups in total. The summed E-state index contributed by atoms with van der Waals surface area (Å²) in [4.78, 5) is 4.75. The van der Waals surface area contributed by atoms with Gasteiger partial charge in [0.15, 0.2) is 5.96 Å². The molecule has 1 aliphatic rings. The molecular weight excluding hydrogens is 409 g/mol. The Labute approximate surface area is 155 Å². The SMILES string of the molecule is CCNC(=NCC1CCSCC1)NC(C)c1ccc(C)o1.I. The summed E-state index contributed by atoms with van der Waals surface area (Å²) >= 11 is 2.06. The average Bonchev–Trinajstić information content (AvgIpc) is 2.93. The van der Waals surface area contributed by atoms with E-state index in [4.69, 9.17) is 9.41 Å². The zero-order chi connectivity index (χ0) is 15.1. The summed E-state index contributed by atoms with van der Waals surface area (Å²) in [7, 11) is 0. The van der Waals surface area contributed by atoms with Crippen molar-refractivity contribution in [2.24, 2.45) is 10.9 Å². The van der Waals surface area contributed by atoms with Gasteiger partial charge in [0.25, 0.3) is 0 Å². The van der Waals surface area contributed by atoms with Crippen LogP contribution in [-0.2, 0) is 0 Å². The van der Waals surface area contributed by atoms with Gasteiger partial charge in [-0.25, -0.2) is 0 Å². The van der Waals surface area contributed by atoms with Crippen LogP contribution in [0.3, 0.4) is 0 Å². The van der Waals surface area contributed by atoms with Crippen molar-refractivity contribution in [3.05, 3.63) is 23.7 Å². The fraction of sp³-hybridized carbons (Fsp3) is 0.688. The maximum absolute atomic E-state index is 5.67. The van der Waals surface area contributed by atoms with Crippen LogP contribution in [0.25, 0.3) is 0 Å². The summed E-state index contributed by atoms with van der Waals surface area (Å²) in [5, 5.41) is 6.75. The molecule has 1 fully saturated rings. The smallest absolute Gasteiger partial charge is 0.191 e. The van der Waals surface area contributed by atoms with E-state index in [1.165, 1.54) is 24.3 Å². The van der Waals surface area contributed by atoms with Gasteiger partial charge >= 0.3 is 0 Å². The fourth-order valence-corrected chi connectivity index (χ4v) is 3.64. The molecule has 0 amide bonds. The molecule has 0 aliphatic carbocycles. The van der Waals surface area contributed by atoms with Gasteiger partial charge in [-0.15, -0.1) is 24.0 Å². The van der Waals surface area contributed by atoms with Crippen molar-refractivity contribution in [1.82, 2.24) is 10.6 Å². The van der Waals surface area contributed by atoms with Crippen LogP contribution in [-0.4, -0.2) is 30.6 Å². The van der Waals surface area contributed by atoms with Crippen LogP contribution in [0.1, 0.15) is 44.3 Å². The minimum atomic E-state index is 0. The van der Waals surface area contributed by atoms with Gasteiger partial charge in [-0.2, -0.15) is 11.8 Å². The van der Waals surface area contributed by atoms with Gasteiger partial charge in [0.05, 0.1) is 6.04 Å². The van der Waals surface area contributed by atoms with Gasteiger partial charge in [-0.05, 0) is 63.2 Å². The van der Waals surface area contributed by atoms with Gasteiger partial charge in [-0.1, -0.05) is 0 Å². The number of hydrogen-bond donors (Lipinski definition) is 2. The molecule has 1 aromatic rings. The summed E-state index contributed by atoms with van der Waals surface area (Å²) in [6.45, 7) is 7.95. The van der Waals surface area contributed by atoms with Crippen molar-refractivity contribution in [3.8, 4) is 0 Å². The standard InChI is InChI=1S/C16H27N3OS.HI/c1-4-17-16(18-11-14-7-9-21-10-8-14)19-13(3)15-6-5-12(2)20-15;/h5-6,13-14H,4,7-11H2,1-3H3,(H2,17,18,19);1H. The maximum Gasteiger partial charge on any atom is 0.191 e. The van der Waals surface area contributed by atoms with Crippen LogP contribution in [0, 0.1) is 12.8 Å². The first-order valence-electron chi connectivity index (χ1n) is 7.88. The van der Waals surface area contributed by atoms with Crippen molar-refractivity contribution in [3.63, 3.8) is 0 Å². The second-order valence-electron chi connectivity index (χ2n) is 5.59. The molecule has 1 unspecified atom stereocenters. The first-order chi connectivity index (χ1) is 10.2. The lowest BCUT2D eigenvalue weighted by Crippen LogP contribution is -2.39. The van der Waals surface area contributed by atoms with Crippen molar-refractivity contribution < 1.29 is 4.42 Å². The molecule has 2 heterocycles. The van der Waals surface area contributed by atoms with Gasteiger partial charge in [0.1, 0.15) is 11.5 Å². The number of nitrogens with one attached hydrogen (secondary N) is 2. The predicted molar refractivity (Wildman–Crippen MR) is 106 cm³/mol. The number of aryl methyl sites for hydroxylation is 1. The summed E-state index contributed by atoms with van der Waals surface area (Å²) in [5.74, 6) is 6.09. The highest BCUT2D eigenvalue weighted by Crippen LogP contribution is 2.22. The zero-order valence-corrected chi connectivity index (χ0v) is 16.9. The van der Waals surface area contributed by atoms with Crippen molar-refractivity contribution in [2.75, 3.05) is 24.6 Å². The number of nitrogens with zero attached hydrogens (tertiary/aromatic N) is 1. The van der Waals surface area contributed by atoms with Gasteiger partial charge < -0.3 is 15.1 Å². The van der Waals surface area contributed by atoms with Crippen LogP contribution in [0.15, 0.2) is 21.5 Å². The Balaban J connectivity index is 0.00000242. The Morgan fingerprint density at radius 2 is 2.14 bits per heavy atom. The van der Waals surface area contributed by atoms with Crippen LogP contribution in [0.2, 0.25) is 0 Å². The summed E-state index contributed by atoms with van der Waals surface area (Å²) in [5.41, 5.74) is 0. The predicted octanol–water partition coefficient (Wildman–Crippen LogP) is 3.97. The van der Waals surface area contributed by atoms with Gasteiger partial charge in [0, 0.05) is 13.1 Å². The number of hydrogen-bond acceptors (Lipinski definition) is 3. The number of aliphatic imine (C=N–C) groups is 1. The third-order valence-electron chi connectivity index (χ3n) is 3.73. The molecule has 6 heteroatoms. The van der Waals surface area contributed by atoms with Crippen molar-refractivity contribution >= 4 is 41.7 Å². The first-order valence-corrected chi connectivity index (χ1v) is 9.03. The van der Waals surface area contributed by atoms with E-state index < -0.39 is 0 Å². The maximum atomic E-state index is 5.67. The Bertz CT molecular complexity index is 458. The molecular formula is C16H28IN3OS. The lowest BCUT2D eigenvalue weighted by molar-refractivity contribution is 0.440. The van der Waals surface area contributed by atoms with Gasteiger partial charge in [0.2, 0.25) is 0 Å². The minimum absolute atomic E-state index is 0. The molecule has 0 bridgehead atoms. The summed E-state index contributed by atoms with van der Waals surface area (Å²) in [6, 6.07) is 4.14. The van der Waals surface area contributed by atoms with E-state index in [-0.39, 0.29) is 30.0 Å². The monoisotopic (exact) mass is 437 g/mol. The molecule has 1 atom stereocenters. The number of rotatable bonds is 5. The van der Waals surface area contributed by atoms with E-state index in [0.29, 0.717) is 0 Å². The minimum Gasteiger partial charge on any atom is -0.464 e. The zero-order valence-electron chi connectivity index (χ0n) is 13.7. The normalized spacial score (nSPS) is 17.7. The second-order valence-corrected chi connectivity index (χ2v) is 6.81. The molecule has 2 rings (SSSR count). The van der Waals surface area contributed by atoms with Crippen LogP contribution in [0.4, 0.5) is 0 Å². The molecule has 0 spiro atoms. The molecule has 1 aromatic heterocycles. The largest absolute Gasteiger partial charge is 0.464 e. The molecule has 0 saturated carbocycles. The van der Waals surface area contributed by atoms with Crippen LogP contribution >= 0.6 is 35.7 Å². The van der Waals surface area contributed by atoms with E-state index >= 15 is 0 Å². The summed E-state index contributed by atoms with van der Waals surface area (Å²) in [6.07, 6.45) is 2.58. The van der Waals surface area contributed by atoms with E-state index in [2.05, 4.69) is 36.2 Å². The van der Waals surface area contributed by atoms with Crippen LogP contribution < -0.4 is 10.6 Å².